The molecule has 3 rings (SSSR count). The zero-order valence-corrected chi connectivity index (χ0v) is 9.64. The van der Waals surface area contributed by atoms with Crippen molar-refractivity contribution in [1.82, 2.24) is 10.3 Å². The molecule has 0 spiro atoms. The predicted octanol–water partition coefficient (Wildman–Crippen LogP) is 3.41. The van der Waals surface area contributed by atoms with Crippen LogP contribution in [0.1, 0.15) is 5.56 Å². The van der Waals surface area contributed by atoms with E-state index in [0.29, 0.717) is 16.7 Å². The molecule has 18 heavy (non-hydrogen) atoms. The van der Waals surface area contributed by atoms with Gasteiger partial charge in [0.2, 0.25) is 0 Å². The van der Waals surface area contributed by atoms with Crippen LogP contribution < -0.4 is 5.32 Å². The van der Waals surface area contributed by atoms with Crippen molar-refractivity contribution in [3.63, 3.8) is 0 Å². The summed E-state index contributed by atoms with van der Waals surface area (Å²) in [4.78, 5) is 0. The number of halogens is 1. The number of benzene rings is 2. The summed E-state index contributed by atoms with van der Waals surface area (Å²) < 4.78 is 17.8. The molecule has 0 atom stereocenters. The van der Waals surface area contributed by atoms with Crippen molar-refractivity contribution < 1.29 is 9.02 Å². The van der Waals surface area contributed by atoms with E-state index in [9.17, 15) is 4.39 Å². The molecule has 0 saturated heterocycles. The molecular formula is C13H10FN3O. The molecule has 0 amide bonds. The SMILES string of the molecule is Cc1ccc(Nc2cccc(F)c2)c2nonc12. The van der Waals surface area contributed by atoms with Crippen LogP contribution in [-0.2, 0) is 0 Å². The molecule has 1 N–H and O–H groups in total. The Kier molecular flexibility index (Phi) is 2.44. The van der Waals surface area contributed by atoms with Crippen LogP contribution in [0, 0.1) is 12.7 Å². The number of hydrogen-bond acceptors (Lipinski definition) is 4. The maximum absolute atomic E-state index is 13.1. The zero-order chi connectivity index (χ0) is 12.5. The standard InChI is InChI=1S/C13H10FN3O/c1-8-5-6-11(13-12(8)16-18-17-13)15-10-4-2-3-9(14)7-10/h2-7,15H,1H3. The van der Waals surface area contributed by atoms with E-state index in [0.717, 1.165) is 11.3 Å². The fourth-order valence-corrected chi connectivity index (χ4v) is 1.81. The first kappa shape index (κ1) is 10.7. The molecule has 0 saturated carbocycles. The van der Waals surface area contributed by atoms with Crippen LogP contribution in [0.5, 0.6) is 0 Å². The molecule has 3 aromatic rings. The lowest BCUT2D eigenvalue weighted by Crippen LogP contribution is -1.92. The molecule has 0 aliphatic carbocycles. The second-order valence-electron chi connectivity index (χ2n) is 4.03. The summed E-state index contributed by atoms with van der Waals surface area (Å²) in [5, 5.41) is 10.8. The van der Waals surface area contributed by atoms with Crippen molar-refractivity contribution in [2.45, 2.75) is 6.92 Å². The van der Waals surface area contributed by atoms with Gasteiger partial charge in [0.1, 0.15) is 11.3 Å². The van der Waals surface area contributed by atoms with Crippen molar-refractivity contribution in [3.8, 4) is 0 Å². The molecule has 0 aliphatic rings. The molecule has 5 heteroatoms. The van der Waals surface area contributed by atoms with Gasteiger partial charge in [-0.25, -0.2) is 9.02 Å². The van der Waals surface area contributed by atoms with Crippen LogP contribution in [0.4, 0.5) is 15.8 Å². The van der Waals surface area contributed by atoms with E-state index in [1.54, 1.807) is 12.1 Å². The smallest absolute Gasteiger partial charge is 0.158 e. The van der Waals surface area contributed by atoms with Gasteiger partial charge in [0.15, 0.2) is 5.52 Å². The minimum absolute atomic E-state index is 0.290. The molecule has 1 aromatic heterocycles. The molecule has 0 unspecified atom stereocenters. The summed E-state index contributed by atoms with van der Waals surface area (Å²) in [6.07, 6.45) is 0. The minimum Gasteiger partial charge on any atom is -0.354 e. The molecule has 0 fully saturated rings. The Bertz CT molecular complexity index is 708. The molecule has 0 aliphatic heterocycles. The Labute approximate surface area is 102 Å². The average molecular weight is 243 g/mol. The molecule has 4 nitrogen and oxygen atoms in total. The highest BCUT2D eigenvalue weighted by molar-refractivity contribution is 5.91. The van der Waals surface area contributed by atoms with Crippen LogP contribution in [0.25, 0.3) is 11.0 Å². The van der Waals surface area contributed by atoms with Gasteiger partial charge in [-0.1, -0.05) is 12.1 Å². The van der Waals surface area contributed by atoms with Crippen LogP contribution in [0.3, 0.4) is 0 Å². The number of fused-ring (bicyclic) bond motifs is 1. The Morgan fingerprint density at radius 3 is 2.78 bits per heavy atom. The number of rotatable bonds is 2. The summed E-state index contributed by atoms with van der Waals surface area (Å²) in [6, 6.07) is 10.0. The van der Waals surface area contributed by atoms with Crippen molar-refractivity contribution in [1.29, 1.82) is 0 Å². The monoisotopic (exact) mass is 243 g/mol. The van der Waals surface area contributed by atoms with E-state index in [2.05, 4.69) is 15.6 Å². The number of anilines is 2. The maximum atomic E-state index is 13.1. The average Bonchev–Trinajstić information content (AvgIpc) is 2.83. The van der Waals surface area contributed by atoms with Gasteiger partial charge in [-0.2, -0.15) is 0 Å². The lowest BCUT2D eigenvalue weighted by atomic mass is 10.1. The zero-order valence-electron chi connectivity index (χ0n) is 9.64. The normalized spacial score (nSPS) is 10.8. The largest absolute Gasteiger partial charge is 0.354 e. The summed E-state index contributed by atoms with van der Waals surface area (Å²) in [7, 11) is 0. The van der Waals surface area contributed by atoms with E-state index in [-0.39, 0.29) is 5.82 Å². The molecule has 2 aromatic carbocycles. The second-order valence-corrected chi connectivity index (χ2v) is 4.03. The van der Waals surface area contributed by atoms with E-state index in [1.165, 1.54) is 12.1 Å². The van der Waals surface area contributed by atoms with Gasteiger partial charge in [0.05, 0.1) is 5.69 Å². The van der Waals surface area contributed by atoms with Crippen molar-refractivity contribution in [2.24, 2.45) is 0 Å². The molecule has 0 bridgehead atoms. The first-order valence-corrected chi connectivity index (χ1v) is 5.48. The quantitative estimate of drug-likeness (QED) is 0.749. The van der Waals surface area contributed by atoms with E-state index in [1.807, 2.05) is 19.1 Å². The first-order valence-electron chi connectivity index (χ1n) is 5.48. The van der Waals surface area contributed by atoms with E-state index >= 15 is 0 Å². The number of aromatic nitrogens is 2. The predicted molar refractivity (Wildman–Crippen MR) is 66.2 cm³/mol. The highest BCUT2D eigenvalue weighted by Gasteiger charge is 2.09. The number of nitrogens with one attached hydrogen (secondary N) is 1. The summed E-state index contributed by atoms with van der Waals surface area (Å²) in [5.74, 6) is -0.290. The third kappa shape index (κ3) is 1.79. The van der Waals surface area contributed by atoms with Gasteiger partial charge in [0, 0.05) is 5.69 Å². The van der Waals surface area contributed by atoms with Gasteiger partial charge < -0.3 is 5.32 Å². The van der Waals surface area contributed by atoms with Crippen molar-refractivity contribution >= 4 is 22.4 Å². The third-order valence-corrected chi connectivity index (χ3v) is 2.72. The molecular weight excluding hydrogens is 233 g/mol. The Morgan fingerprint density at radius 2 is 1.94 bits per heavy atom. The first-order chi connectivity index (χ1) is 8.74. The summed E-state index contributed by atoms with van der Waals surface area (Å²) in [6.45, 7) is 1.93. The fourth-order valence-electron chi connectivity index (χ4n) is 1.81. The fraction of sp³-hybridized carbons (Fsp3) is 0.0769. The van der Waals surface area contributed by atoms with E-state index in [4.69, 9.17) is 4.63 Å². The Balaban J connectivity index is 2.05. The molecule has 0 radical (unpaired) electrons. The van der Waals surface area contributed by atoms with Crippen molar-refractivity contribution in [3.05, 3.63) is 47.8 Å². The van der Waals surface area contributed by atoms with E-state index < -0.39 is 0 Å². The topological polar surface area (TPSA) is 51.0 Å². The maximum Gasteiger partial charge on any atom is 0.158 e. The van der Waals surface area contributed by atoms with Crippen LogP contribution >= 0.6 is 0 Å². The van der Waals surface area contributed by atoms with Gasteiger partial charge in [-0.15, -0.1) is 0 Å². The Hall–Kier alpha value is -2.43. The summed E-state index contributed by atoms with van der Waals surface area (Å²) >= 11 is 0. The van der Waals surface area contributed by atoms with Gasteiger partial charge in [-0.3, -0.25) is 0 Å². The second kappa shape index (κ2) is 4.10. The molecule has 1 heterocycles. The molecule has 90 valence electrons. The number of aryl methyl sites for hydroxylation is 1. The summed E-state index contributed by atoms with van der Waals surface area (Å²) in [5.41, 5.74) is 3.72. The number of hydrogen-bond donors (Lipinski definition) is 1. The lowest BCUT2D eigenvalue weighted by molar-refractivity contribution is 0.315. The van der Waals surface area contributed by atoms with Gasteiger partial charge in [-0.05, 0) is 47.1 Å². The Morgan fingerprint density at radius 1 is 1.11 bits per heavy atom. The van der Waals surface area contributed by atoms with Gasteiger partial charge >= 0.3 is 0 Å². The minimum atomic E-state index is -0.290. The third-order valence-electron chi connectivity index (χ3n) is 2.72. The number of nitrogens with zero attached hydrogens (tertiary/aromatic N) is 2. The highest BCUT2D eigenvalue weighted by Crippen LogP contribution is 2.26. The van der Waals surface area contributed by atoms with Gasteiger partial charge in [0.25, 0.3) is 0 Å². The van der Waals surface area contributed by atoms with Crippen molar-refractivity contribution in [2.75, 3.05) is 5.32 Å². The van der Waals surface area contributed by atoms with Crippen LogP contribution in [0.15, 0.2) is 41.0 Å². The lowest BCUT2D eigenvalue weighted by Gasteiger charge is -2.06. The van der Waals surface area contributed by atoms with Crippen LogP contribution in [-0.4, -0.2) is 10.3 Å². The van der Waals surface area contributed by atoms with Crippen LogP contribution in [0.2, 0.25) is 0 Å². The highest BCUT2D eigenvalue weighted by atomic mass is 19.1.